The first-order valence-corrected chi connectivity index (χ1v) is 7.62. The van der Waals surface area contributed by atoms with Gasteiger partial charge in [0.05, 0.1) is 11.3 Å². The average Bonchev–Trinajstić information content (AvgIpc) is 2.47. The van der Waals surface area contributed by atoms with E-state index in [1.54, 1.807) is 6.07 Å². The van der Waals surface area contributed by atoms with Crippen LogP contribution in [0.5, 0.6) is 0 Å². The summed E-state index contributed by atoms with van der Waals surface area (Å²) in [6, 6.07) is 6.16. The predicted molar refractivity (Wildman–Crippen MR) is 87.8 cm³/mol. The molecular formula is C16H26N4O. The van der Waals surface area contributed by atoms with Crippen molar-refractivity contribution in [3.05, 3.63) is 23.8 Å². The number of hydrogen-bond acceptors (Lipinski definition) is 4. The molecule has 1 saturated heterocycles. The van der Waals surface area contributed by atoms with Crippen molar-refractivity contribution in [2.45, 2.75) is 25.8 Å². The average molecular weight is 290 g/mol. The van der Waals surface area contributed by atoms with Gasteiger partial charge in [-0.15, -0.1) is 0 Å². The number of amides is 1. The number of anilines is 2. The molecular weight excluding hydrogens is 264 g/mol. The zero-order valence-corrected chi connectivity index (χ0v) is 13.2. The Morgan fingerprint density at radius 2 is 2.05 bits per heavy atom. The molecule has 1 aromatic carbocycles. The Labute approximate surface area is 127 Å². The lowest BCUT2D eigenvalue weighted by Gasteiger charge is -2.37. The van der Waals surface area contributed by atoms with E-state index in [-0.39, 0.29) is 5.91 Å². The van der Waals surface area contributed by atoms with E-state index in [9.17, 15) is 4.79 Å². The van der Waals surface area contributed by atoms with E-state index in [1.165, 1.54) is 0 Å². The summed E-state index contributed by atoms with van der Waals surface area (Å²) in [7, 11) is 4.25. The number of nitrogens with two attached hydrogens (primary N) is 1. The van der Waals surface area contributed by atoms with Gasteiger partial charge >= 0.3 is 0 Å². The van der Waals surface area contributed by atoms with Crippen molar-refractivity contribution in [1.82, 2.24) is 10.2 Å². The van der Waals surface area contributed by atoms with Crippen LogP contribution in [0.4, 0.5) is 11.4 Å². The van der Waals surface area contributed by atoms with Gasteiger partial charge in [-0.1, -0.05) is 0 Å². The number of rotatable bonds is 4. The van der Waals surface area contributed by atoms with E-state index >= 15 is 0 Å². The molecule has 0 aliphatic carbocycles. The second-order valence-corrected chi connectivity index (χ2v) is 5.82. The topological polar surface area (TPSA) is 61.6 Å². The maximum atomic E-state index is 12.2. The lowest BCUT2D eigenvalue weighted by molar-refractivity contribution is 0.0956. The van der Waals surface area contributed by atoms with Crippen molar-refractivity contribution in [2.75, 3.05) is 44.4 Å². The maximum absolute atomic E-state index is 12.2. The highest BCUT2D eigenvalue weighted by molar-refractivity contribution is 6.00. The van der Waals surface area contributed by atoms with Gasteiger partial charge in [0.15, 0.2) is 0 Å². The first-order chi connectivity index (χ1) is 10.0. The summed E-state index contributed by atoms with van der Waals surface area (Å²) in [6.07, 6.45) is 2.22. The number of carbonyl (C=O) groups is 1. The normalized spacial score (nSPS) is 16.3. The van der Waals surface area contributed by atoms with Crippen molar-refractivity contribution in [3.8, 4) is 0 Å². The molecule has 2 rings (SSSR count). The van der Waals surface area contributed by atoms with Gasteiger partial charge in [0.1, 0.15) is 0 Å². The molecule has 0 atom stereocenters. The monoisotopic (exact) mass is 290 g/mol. The number of carbonyl (C=O) groups excluding carboxylic acids is 1. The Balaban J connectivity index is 2.19. The van der Waals surface area contributed by atoms with Crippen molar-refractivity contribution in [2.24, 2.45) is 0 Å². The Kier molecular flexibility index (Phi) is 5.07. The van der Waals surface area contributed by atoms with Crippen molar-refractivity contribution in [1.29, 1.82) is 0 Å². The fourth-order valence-corrected chi connectivity index (χ4v) is 2.88. The number of nitrogen functional groups attached to an aromatic ring is 1. The lowest BCUT2D eigenvalue weighted by atomic mass is 10.0. The third kappa shape index (κ3) is 3.67. The number of hydrogen-bond donors (Lipinski definition) is 2. The highest BCUT2D eigenvalue weighted by Gasteiger charge is 2.23. The standard InChI is InChI=1S/C16H26N4O/c1-4-18-16(21)14-6-5-12(17)11-15(14)20-9-7-13(8-10-20)19(2)3/h5-6,11,13H,4,7-10,17H2,1-3H3,(H,18,21). The largest absolute Gasteiger partial charge is 0.399 e. The first-order valence-electron chi connectivity index (χ1n) is 7.62. The molecule has 0 radical (unpaired) electrons. The first kappa shape index (κ1) is 15.6. The second-order valence-electron chi connectivity index (χ2n) is 5.82. The number of nitrogens with zero attached hydrogens (tertiary/aromatic N) is 2. The zero-order valence-electron chi connectivity index (χ0n) is 13.2. The van der Waals surface area contributed by atoms with E-state index < -0.39 is 0 Å². The Morgan fingerprint density at radius 3 is 2.62 bits per heavy atom. The summed E-state index contributed by atoms with van der Waals surface area (Å²) < 4.78 is 0. The van der Waals surface area contributed by atoms with Gasteiger partial charge < -0.3 is 20.9 Å². The molecule has 0 saturated carbocycles. The van der Waals surface area contributed by atoms with E-state index in [0.717, 1.165) is 31.6 Å². The van der Waals surface area contributed by atoms with E-state index in [2.05, 4.69) is 29.2 Å². The van der Waals surface area contributed by atoms with Crippen LogP contribution in [0.1, 0.15) is 30.1 Å². The van der Waals surface area contributed by atoms with Crippen LogP contribution in [0.25, 0.3) is 0 Å². The van der Waals surface area contributed by atoms with Crippen molar-refractivity contribution in [3.63, 3.8) is 0 Å². The van der Waals surface area contributed by atoms with Crippen LogP contribution in [-0.4, -0.2) is 50.6 Å². The van der Waals surface area contributed by atoms with Gasteiger partial charge in [-0.05, 0) is 52.1 Å². The minimum Gasteiger partial charge on any atom is -0.399 e. The molecule has 3 N–H and O–H groups in total. The molecule has 0 spiro atoms. The predicted octanol–water partition coefficient (Wildman–Crippen LogP) is 1.55. The van der Waals surface area contributed by atoms with E-state index in [4.69, 9.17) is 5.73 Å². The molecule has 0 bridgehead atoms. The van der Waals surface area contributed by atoms with Gasteiger partial charge in [-0.25, -0.2) is 0 Å². The van der Waals surface area contributed by atoms with Gasteiger partial charge in [-0.3, -0.25) is 4.79 Å². The number of piperidine rings is 1. The molecule has 1 amide bonds. The smallest absolute Gasteiger partial charge is 0.253 e. The molecule has 1 aliphatic heterocycles. The molecule has 21 heavy (non-hydrogen) atoms. The molecule has 5 nitrogen and oxygen atoms in total. The van der Waals surface area contributed by atoms with E-state index in [0.29, 0.717) is 23.8 Å². The third-order valence-electron chi connectivity index (χ3n) is 4.14. The highest BCUT2D eigenvalue weighted by Crippen LogP contribution is 2.27. The van der Waals surface area contributed by atoms with Gasteiger partial charge in [0.2, 0.25) is 0 Å². The molecule has 1 aromatic rings. The molecule has 1 heterocycles. The molecule has 0 unspecified atom stereocenters. The van der Waals surface area contributed by atoms with E-state index in [1.807, 2.05) is 19.1 Å². The lowest BCUT2D eigenvalue weighted by Crippen LogP contribution is -2.42. The third-order valence-corrected chi connectivity index (χ3v) is 4.14. The van der Waals surface area contributed by atoms with Crippen LogP contribution in [-0.2, 0) is 0 Å². The Bertz CT molecular complexity index is 493. The van der Waals surface area contributed by atoms with Crippen LogP contribution in [0.15, 0.2) is 18.2 Å². The van der Waals surface area contributed by atoms with Gasteiger partial charge in [0.25, 0.3) is 5.91 Å². The Morgan fingerprint density at radius 1 is 1.38 bits per heavy atom. The molecule has 1 fully saturated rings. The summed E-state index contributed by atoms with van der Waals surface area (Å²) in [4.78, 5) is 16.8. The summed E-state index contributed by atoms with van der Waals surface area (Å²) in [5.41, 5.74) is 8.29. The Hall–Kier alpha value is -1.75. The fraction of sp³-hybridized carbons (Fsp3) is 0.562. The SMILES string of the molecule is CCNC(=O)c1ccc(N)cc1N1CCC(N(C)C)CC1. The van der Waals surface area contributed by atoms with Crippen LogP contribution < -0.4 is 16.0 Å². The van der Waals surface area contributed by atoms with Crippen LogP contribution >= 0.6 is 0 Å². The molecule has 5 heteroatoms. The second kappa shape index (κ2) is 6.80. The van der Waals surface area contributed by atoms with Crippen molar-refractivity contribution < 1.29 is 4.79 Å². The maximum Gasteiger partial charge on any atom is 0.253 e. The van der Waals surface area contributed by atoms with Crippen LogP contribution in [0.2, 0.25) is 0 Å². The summed E-state index contributed by atoms with van der Waals surface area (Å²) in [6.45, 7) is 4.47. The van der Waals surface area contributed by atoms with Gasteiger partial charge in [0, 0.05) is 31.4 Å². The molecule has 116 valence electrons. The van der Waals surface area contributed by atoms with Crippen LogP contribution in [0.3, 0.4) is 0 Å². The molecule has 0 aromatic heterocycles. The van der Waals surface area contributed by atoms with Crippen molar-refractivity contribution >= 4 is 17.3 Å². The summed E-state index contributed by atoms with van der Waals surface area (Å²) >= 11 is 0. The number of nitrogens with one attached hydrogen (secondary N) is 1. The quantitative estimate of drug-likeness (QED) is 0.826. The zero-order chi connectivity index (χ0) is 15.4. The fourth-order valence-electron chi connectivity index (χ4n) is 2.88. The minimum atomic E-state index is -0.0257. The molecule has 1 aliphatic rings. The minimum absolute atomic E-state index is 0.0257. The highest BCUT2D eigenvalue weighted by atomic mass is 16.1. The van der Waals surface area contributed by atoms with Crippen LogP contribution in [0, 0.1) is 0 Å². The van der Waals surface area contributed by atoms with Gasteiger partial charge in [-0.2, -0.15) is 0 Å². The summed E-state index contributed by atoms with van der Waals surface area (Å²) in [5.74, 6) is -0.0257. The summed E-state index contributed by atoms with van der Waals surface area (Å²) in [5, 5.41) is 2.87. The number of benzene rings is 1.